The maximum Gasteiger partial charge on any atom is 0.280 e. The molecule has 0 amide bonds. The van der Waals surface area contributed by atoms with Crippen LogP contribution in [0.25, 0.3) is 0 Å². The fourth-order valence-corrected chi connectivity index (χ4v) is 1.81. The Labute approximate surface area is 92.4 Å². The number of hydrogen-bond acceptors (Lipinski definition) is 2. The minimum absolute atomic E-state index is 0.0637. The van der Waals surface area contributed by atoms with Crippen LogP contribution >= 0.6 is 27.5 Å². The second-order valence-corrected chi connectivity index (χ2v) is 3.40. The predicted octanol–water partition coefficient (Wildman–Crippen LogP) is 3.38. The normalized spacial score (nSPS) is 10.6. The Morgan fingerprint density at radius 3 is 2.71 bits per heavy atom. The highest BCUT2D eigenvalue weighted by Gasteiger charge is 2.18. The molecule has 6 heteroatoms. The predicted molar refractivity (Wildman–Crippen MR) is 52.2 cm³/mol. The van der Waals surface area contributed by atoms with Gasteiger partial charge in [-0.05, 0) is 0 Å². The van der Waals surface area contributed by atoms with Crippen LogP contribution in [0.4, 0.5) is 8.78 Å². The summed E-state index contributed by atoms with van der Waals surface area (Å²) in [6.45, 7) is 0. The van der Waals surface area contributed by atoms with Gasteiger partial charge in [-0.15, -0.1) is 0 Å². The van der Waals surface area contributed by atoms with E-state index < -0.39 is 12.1 Å². The average molecular weight is 284 g/mol. The Balaban J connectivity index is 3.40. The molecule has 0 aliphatic heterocycles. The van der Waals surface area contributed by atoms with E-state index in [2.05, 4.69) is 20.9 Å². The van der Waals surface area contributed by atoms with Crippen LogP contribution in [0.5, 0.6) is 0 Å². The summed E-state index contributed by atoms with van der Waals surface area (Å²) in [4.78, 5) is 14.1. The molecule has 0 bridgehead atoms. The lowest BCUT2D eigenvalue weighted by atomic mass is 10.1. The second kappa shape index (κ2) is 4.79. The van der Waals surface area contributed by atoms with Crippen LogP contribution in [0.2, 0.25) is 5.02 Å². The van der Waals surface area contributed by atoms with Crippen molar-refractivity contribution in [3.05, 3.63) is 28.0 Å². The van der Waals surface area contributed by atoms with Crippen LogP contribution in [0, 0.1) is 0 Å². The first kappa shape index (κ1) is 11.5. The van der Waals surface area contributed by atoms with E-state index in [0.29, 0.717) is 6.29 Å². The van der Waals surface area contributed by atoms with E-state index in [4.69, 9.17) is 11.6 Å². The number of halogens is 4. The molecular formula is C8H5BrClF2NO. The highest BCUT2D eigenvalue weighted by atomic mass is 79.9. The Kier molecular flexibility index (Phi) is 3.95. The number of pyridine rings is 1. The molecular weight excluding hydrogens is 279 g/mol. The van der Waals surface area contributed by atoms with Crippen molar-refractivity contribution in [3.8, 4) is 0 Å². The van der Waals surface area contributed by atoms with Gasteiger partial charge in [0.05, 0.1) is 5.02 Å². The van der Waals surface area contributed by atoms with Gasteiger partial charge in [-0.2, -0.15) is 0 Å². The molecule has 1 aromatic heterocycles. The van der Waals surface area contributed by atoms with Crippen molar-refractivity contribution in [2.75, 3.05) is 0 Å². The molecule has 2 nitrogen and oxygen atoms in total. The molecule has 1 aromatic rings. The lowest BCUT2D eigenvalue weighted by Gasteiger charge is -2.08. The summed E-state index contributed by atoms with van der Waals surface area (Å²) in [7, 11) is 0. The fourth-order valence-electron chi connectivity index (χ4n) is 1.01. The van der Waals surface area contributed by atoms with E-state index >= 15 is 0 Å². The minimum atomic E-state index is -2.71. The highest BCUT2D eigenvalue weighted by molar-refractivity contribution is 9.08. The number of aldehydes is 1. The molecule has 0 aliphatic carbocycles. The van der Waals surface area contributed by atoms with Gasteiger partial charge in [0.15, 0.2) is 6.29 Å². The molecule has 0 radical (unpaired) electrons. The van der Waals surface area contributed by atoms with Crippen LogP contribution < -0.4 is 0 Å². The Morgan fingerprint density at radius 2 is 2.29 bits per heavy atom. The molecule has 0 fully saturated rings. The van der Waals surface area contributed by atoms with E-state index in [9.17, 15) is 13.6 Å². The molecule has 1 heterocycles. The van der Waals surface area contributed by atoms with Crippen molar-refractivity contribution in [1.82, 2.24) is 4.98 Å². The van der Waals surface area contributed by atoms with Gasteiger partial charge in [0.25, 0.3) is 6.43 Å². The molecule has 0 saturated carbocycles. The van der Waals surface area contributed by atoms with Crippen LogP contribution in [0.1, 0.15) is 28.0 Å². The standard InChI is InChI=1S/C8H5BrClF2NO/c9-1-4-5(3-14)6(10)2-13-7(4)8(11)12/h2-3,8H,1H2. The van der Waals surface area contributed by atoms with Gasteiger partial charge in [-0.1, -0.05) is 27.5 Å². The Bertz CT molecular complexity index is 359. The van der Waals surface area contributed by atoms with Gasteiger partial charge >= 0.3 is 0 Å². The molecule has 0 N–H and O–H groups in total. The van der Waals surface area contributed by atoms with Gasteiger partial charge in [-0.3, -0.25) is 9.78 Å². The van der Waals surface area contributed by atoms with Crippen LogP contribution in [0.3, 0.4) is 0 Å². The largest absolute Gasteiger partial charge is 0.298 e. The zero-order valence-electron chi connectivity index (χ0n) is 6.81. The van der Waals surface area contributed by atoms with Crippen LogP contribution in [0.15, 0.2) is 6.20 Å². The monoisotopic (exact) mass is 283 g/mol. The number of nitrogens with zero attached hydrogens (tertiary/aromatic N) is 1. The molecule has 76 valence electrons. The van der Waals surface area contributed by atoms with Crippen molar-refractivity contribution >= 4 is 33.8 Å². The van der Waals surface area contributed by atoms with E-state index in [1.807, 2.05) is 0 Å². The zero-order valence-corrected chi connectivity index (χ0v) is 9.15. The number of rotatable bonds is 3. The summed E-state index contributed by atoms with van der Waals surface area (Å²) in [5, 5.41) is 0.202. The maximum atomic E-state index is 12.4. The van der Waals surface area contributed by atoms with E-state index in [0.717, 1.165) is 6.20 Å². The van der Waals surface area contributed by atoms with Crippen molar-refractivity contribution in [1.29, 1.82) is 0 Å². The van der Waals surface area contributed by atoms with E-state index in [-0.39, 0.29) is 21.5 Å². The molecule has 1 rings (SSSR count). The minimum Gasteiger partial charge on any atom is -0.298 e. The number of alkyl halides is 3. The molecule has 0 aliphatic rings. The summed E-state index contributed by atoms with van der Waals surface area (Å²) in [5.74, 6) is 0. The average Bonchev–Trinajstić information content (AvgIpc) is 2.16. The summed E-state index contributed by atoms with van der Waals surface area (Å²) in [5.41, 5.74) is -0.204. The first-order valence-corrected chi connectivity index (χ1v) is 5.08. The number of carbonyl (C=O) groups excluding carboxylic acids is 1. The van der Waals surface area contributed by atoms with Crippen molar-refractivity contribution in [2.45, 2.75) is 11.8 Å². The Hall–Kier alpha value is -0.550. The number of carbonyl (C=O) groups is 1. The van der Waals surface area contributed by atoms with Gasteiger partial charge < -0.3 is 0 Å². The van der Waals surface area contributed by atoms with Crippen molar-refractivity contribution in [2.24, 2.45) is 0 Å². The van der Waals surface area contributed by atoms with Gasteiger partial charge in [0.1, 0.15) is 5.69 Å². The second-order valence-electron chi connectivity index (χ2n) is 2.44. The summed E-state index contributed by atoms with van der Waals surface area (Å²) in [6.07, 6.45) is -1.20. The smallest absolute Gasteiger partial charge is 0.280 e. The molecule has 0 atom stereocenters. The Morgan fingerprint density at radius 1 is 1.64 bits per heavy atom. The molecule has 0 spiro atoms. The van der Waals surface area contributed by atoms with Crippen LogP contribution in [-0.2, 0) is 5.33 Å². The topological polar surface area (TPSA) is 30.0 Å². The molecule has 0 unspecified atom stereocenters. The molecule has 0 aromatic carbocycles. The number of aromatic nitrogens is 1. The third-order valence-electron chi connectivity index (χ3n) is 1.67. The maximum absolute atomic E-state index is 12.4. The van der Waals surface area contributed by atoms with Crippen LogP contribution in [-0.4, -0.2) is 11.3 Å². The van der Waals surface area contributed by atoms with E-state index in [1.54, 1.807) is 0 Å². The first-order valence-electron chi connectivity index (χ1n) is 3.58. The van der Waals surface area contributed by atoms with Crippen molar-refractivity contribution < 1.29 is 13.6 Å². The fraction of sp³-hybridized carbons (Fsp3) is 0.250. The van der Waals surface area contributed by atoms with Gasteiger partial charge in [0.2, 0.25) is 0 Å². The zero-order chi connectivity index (χ0) is 10.7. The quantitative estimate of drug-likeness (QED) is 0.629. The summed E-state index contributed by atoms with van der Waals surface area (Å²) < 4.78 is 24.8. The third kappa shape index (κ3) is 2.09. The first-order chi connectivity index (χ1) is 6.61. The SMILES string of the molecule is O=Cc1c(Cl)cnc(C(F)F)c1CBr. The summed E-state index contributed by atoms with van der Waals surface area (Å²) >= 11 is 8.64. The summed E-state index contributed by atoms with van der Waals surface area (Å²) in [6, 6.07) is 0. The molecule has 0 saturated heterocycles. The van der Waals surface area contributed by atoms with E-state index in [1.165, 1.54) is 0 Å². The lowest BCUT2D eigenvalue weighted by Crippen LogP contribution is -2.02. The lowest BCUT2D eigenvalue weighted by molar-refractivity contribution is 0.112. The highest BCUT2D eigenvalue weighted by Crippen LogP contribution is 2.28. The number of hydrogen-bond donors (Lipinski definition) is 0. The molecule has 14 heavy (non-hydrogen) atoms. The van der Waals surface area contributed by atoms with Gasteiger partial charge in [0, 0.05) is 22.7 Å². The third-order valence-corrected chi connectivity index (χ3v) is 2.53. The van der Waals surface area contributed by atoms with Crippen molar-refractivity contribution in [3.63, 3.8) is 0 Å². The van der Waals surface area contributed by atoms with Gasteiger partial charge in [-0.25, -0.2) is 8.78 Å².